The van der Waals surface area contributed by atoms with Crippen LogP contribution in [0.1, 0.15) is 18.4 Å². The Morgan fingerprint density at radius 1 is 1.32 bits per heavy atom. The first-order valence-corrected chi connectivity index (χ1v) is 6.48. The monoisotopic (exact) mass is 261 g/mol. The van der Waals surface area contributed by atoms with E-state index in [2.05, 4.69) is 5.32 Å². The smallest absolute Gasteiger partial charge is 0.321 e. The number of hydrogen-bond donors (Lipinski definition) is 2. The predicted molar refractivity (Wildman–Crippen MR) is 73.7 cm³/mol. The van der Waals surface area contributed by atoms with Crippen molar-refractivity contribution in [3.05, 3.63) is 29.8 Å². The van der Waals surface area contributed by atoms with Gasteiger partial charge in [-0.05, 0) is 31.9 Å². The molecule has 3 amide bonds. The third kappa shape index (κ3) is 3.47. The fourth-order valence-corrected chi connectivity index (χ4v) is 2.23. The molecule has 1 saturated heterocycles. The summed E-state index contributed by atoms with van der Waals surface area (Å²) in [5.41, 5.74) is 7.21. The maximum absolute atomic E-state index is 12.1. The third-order valence-electron chi connectivity index (χ3n) is 3.41. The zero-order valence-electron chi connectivity index (χ0n) is 11.1. The Bertz CT molecular complexity index is 470. The molecular formula is C14H19N3O2. The first-order chi connectivity index (χ1) is 9.06. The molecule has 0 spiro atoms. The van der Waals surface area contributed by atoms with Gasteiger partial charge in [-0.15, -0.1) is 0 Å². The van der Waals surface area contributed by atoms with Gasteiger partial charge >= 0.3 is 6.03 Å². The molecule has 0 saturated carbocycles. The van der Waals surface area contributed by atoms with E-state index in [-0.39, 0.29) is 17.9 Å². The van der Waals surface area contributed by atoms with E-state index in [1.165, 1.54) is 0 Å². The average molecular weight is 261 g/mol. The van der Waals surface area contributed by atoms with Crippen LogP contribution in [0.4, 0.5) is 10.5 Å². The molecule has 1 aliphatic heterocycles. The fourth-order valence-electron chi connectivity index (χ4n) is 2.23. The van der Waals surface area contributed by atoms with Crippen LogP contribution >= 0.6 is 0 Å². The zero-order valence-corrected chi connectivity index (χ0v) is 11.1. The molecule has 2 rings (SSSR count). The average Bonchev–Trinajstić information content (AvgIpc) is 2.41. The molecule has 19 heavy (non-hydrogen) atoms. The molecule has 1 atom stereocenters. The number of primary amides is 1. The Morgan fingerprint density at radius 3 is 2.63 bits per heavy atom. The molecular weight excluding hydrogens is 242 g/mol. The van der Waals surface area contributed by atoms with Crippen molar-refractivity contribution in [2.75, 3.05) is 18.4 Å². The number of aryl methyl sites for hydroxylation is 1. The Balaban J connectivity index is 1.96. The standard InChI is InChI=1S/C14H19N3O2/c1-10-4-6-12(7-5-10)16-14(19)17-8-2-3-11(9-17)13(15)18/h4-7,11H,2-3,8-9H2,1H3,(H2,15,18)(H,16,19)/t11-/m1/s1. The van der Waals surface area contributed by atoms with Crippen molar-refractivity contribution in [1.82, 2.24) is 4.90 Å². The summed E-state index contributed by atoms with van der Waals surface area (Å²) in [4.78, 5) is 24.9. The number of nitrogens with one attached hydrogen (secondary N) is 1. The lowest BCUT2D eigenvalue weighted by molar-refractivity contribution is -0.123. The maximum atomic E-state index is 12.1. The number of benzene rings is 1. The van der Waals surface area contributed by atoms with E-state index in [1.54, 1.807) is 4.90 Å². The van der Waals surface area contributed by atoms with E-state index in [0.717, 1.165) is 24.1 Å². The molecule has 1 aromatic rings. The van der Waals surface area contributed by atoms with Crippen LogP contribution in [0.2, 0.25) is 0 Å². The van der Waals surface area contributed by atoms with Gasteiger partial charge in [0, 0.05) is 18.8 Å². The Hall–Kier alpha value is -2.04. The highest BCUT2D eigenvalue weighted by Gasteiger charge is 2.26. The Morgan fingerprint density at radius 2 is 2.00 bits per heavy atom. The largest absolute Gasteiger partial charge is 0.369 e. The Labute approximate surface area is 112 Å². The first kappa shape index (κ1) is 13.4. The number of urea groups is 1. The van der Waals surface area contributed by atoms with Crippen molar-refractivity contribution < 1.29 is 9.59 Å². The van der Waals surface area contributed by atoms with Gasteiger partial charge in [-0.2, -0.15) is 0 Å². The lowest BCUT2D eigenvalue weighted by Crippen LogP contribution is -2.45. The molecule has 0 aromatic heterocycles. The van der Waals surface area contributed by atoms with Crippen molar-refractivity contribution in [1.29, 1.82) is 0 Å². The van der Waals surface area contributed by atoms with Crippen LogP contribution in [0.3, 0.4) is 0 Å². The second kappa shape index (κ2) is 5.73. The van der Waals surface area contributed by atoms with Gasteiger partial charge in [-0.1, -0.05) is 17.7 Å². The molecule has 0 unspecified atom stereocenters. The minimum absolute atomic E-state index is 0.171. The summed E-state index contributed by atoms with van der Waals surface area (Å²) in [7, 11) is 0. The summed E-state index contributed by atoms with van der Waals surface area (Å²) < 4.78 is 0. The van der Waals surface area contributed by atoms with Gasteiger partial charge in [0.05, 0.1) is 5.92 Å². The van der Waals surface area contributed by atoms with Crippen molar-refractivity contribution >= 4 is 17.6 Å². The van der Waals surface area contributed by atoms with Crippen LogP contribution in [0.15, 0.2) is 24.3 Å². The number of carbonyl (C=O) groups is 2. The van der Waals surface area contributed by atoms with Crippen LogP contribution in [-0.2, 0) is 4.79 Å². The molecule has 5 nitrogen and oxygen atoms in total. The van der Waals surface area contributed by atoms with E-state index >= 15 is 0 Å². The predicted octanol–water partition coefficient (Wildman–Crippen LogP) is 1.72. The molecule has 0 aliphatic carbocycles. The van der Waals surface area contributed by atoms with Gasteiger partial charge in [0.1, 0.15) is 0 Å². The van der Waals surface area contributed by atoms with Crippen molar-refractivity contribution in [3.63, 3.8) is 0 Å². The molecule has 1 fully saturated rings. The summed E-state index contributed by atoms with van der Waals surface area (Å²) in [5.74, 6) is -0.551. The number of piperidine rings is 1. The second-order valence-corrected chi connectivity index (χ2v) is 4.98. The van der Waals surface area contributed by atoms with E-state index in [0.29, 0.717) is 13.1 Å². The number of nitrogens with zero attached hydrogens (tertiary/aromatic N) is 1. The van der Waals surface area contributed by atoms with Gasteiger partial charge in [-0.25, -0.2) is 4.79 Å². The lowest BCUT2D eigenvalue weighted by atomic mass is 9.98. The minimum Gasteiger partial charge on any atom is -0.369 e. The summed E-state index contributed by atoms with van der Waals surface area (Å²) in [6.07, 6.45) is 1.58. The first-order valence-electron chi connectivity index (χ1n) is 6.48. The molecule has 0 bridgehead atoms. The quantitative estimate of drug-likeness (QED) is 0.850. The van der Waals surface area contributed by atoms with Gasteiger partial charge in [-0.3, -0.25) is 4.79 Å². The highest BCUT2D eigenvalue weighted by Crippen LogP contribution is 2.17. The summed E-state index contributed by atoms with van der Waals surface area (Å²) in [6.45, 7) is 3.07. The maximum Gasteiger partial charge on any atom is 0.321 e. The molecule has 3 N–H and O–H groups in total. The van der Waals surface area contributed by atoms with Gasteiger partial charge in [0.15, 0.2) is 0 Å². The highest BCUT2D eigenvalue weighted by molar-refractivity contribution is 5.90. The van der Waals surface area contributed by atoms with E-state index in [9.17, 15) is 9.59 Å². The van der Waals surface area contributed by atoms with Crippen LogP contribution in [0, 0.1) is 12.8 Å². The topological polar surface area (TPSA) is 75.4 Å². The third-order valence-corrected chi connectivity index (χ3v) is 3.41. The molecule has 0 radical (unpaired) electrons. The number of likely N-dealkylation sites (tertiary alicyclic amines) is 1. The molecule has 5 heteroatoms. The number of rotatable bonds is 2. The van der Waals surface area contributed by atoms with E-state index in [1.807, 2.05) is 31.2 Å². The van der Waals surface area contributed by atoms with Crippen LogP contribution in [0.25, 0.3) is 0 Å². The molecule has 1 aliphatic rings. The number of amides is 3. The number of anilines is 1. The fraction of sp³-hybridized carbons (Fsp3) is 0.429. The molecule has 102 valence electrons. The highest BCUT2D eigenvalue weighted by atomic mass is 16.2. The number of hydrogen-bond acceptors (Lipinski definition) is 2. The molecule has 1 heterocycles. The van der Waals surface area contributed by atoms with Gasteiger partial charge < -0.3 is 16.0 Å². The van der Waals surface area contributed by atoms with Gasteiger partial charge in [0.2, 0.25) is 5.91 Å². The van der Waals surface area contributed by atoms with Crippen molar-refractivity contribution in [2.45, 2.75) is 19.8 Å². The summed E-state index contributed by atoms with van der Waals surface area (Å²) in [5, 5.41) is 2.83. The lowest BCUT2D eigenvalue weighted by Gasteiger charge is -2.31. The van der Waals surface area contributed by atoms with E-state index < -0.39 is 0 Å². The SMILES string of the molecule is Cc1ccc(NC(=O)N2CCC[C@@H](C(N)=O)C2)cc1. The summed E-state index contributed by atoms with van der Waals surface area (Å²) >= 11 is 0. The summed E-state index contributed by atoms with van der Waals surface area (Å²) in [6, 6.07) is 7.44. The van der Waals surface area contributed by atoms with Crippen molar-refractivity contribution in [3.8, 4) is 0 Å². The normalized spacial score (nSPS) is 19.0. The van der Waals surface area contributed by atoms with Crippen LogP contribution < -0.4 is 11.1 Å². The number of carbonyl (C=O) groups excluding carboxylic acids is 2. The van der Waals surface area contributed by atoms with Crippen LogP contribution in [0.5, 0.6) is 0 Å². The molecule has 1 aromatic carbocycles. The second-order valence-electron chi connectivity index (χ2n) is 4.98. The number of nitrogens with two attached hydrogens (primary N) is 1. The van der Waals surface area contributed by atoms with Crippen LogP contribution in [-0.4, -0.2) is 29.9 Å². The zero-order chi connectivity index (χ0) is 13.8. The van der Waals surface area contributed by atoms with E-state index in [4.69, 9.17) is 5.73 Å². The minimum atomic E-state index is -0.326. The Kier molecular flexibility index (Phi) is 4.04. The van der Waals surface area contributed by atoms with Crippen molar-refractivity contribution in [2.24, 2.45) is 11.7 Å². The van der Waals surface area contributed by atoms with Gasteiger partial charge in [0.25, 0.3) is 0 Å².